The van der Waals surface area contributed by atoms with Crippen molar-refractivity contribution in [3.63, 3.8) is 0 Å². The van der Waals surface area contributed by atoms with Gasteiger partial charge in [-0.05, 0) is 36.4 Å². The molecule has 0 saturated heterocycles. The maximum atomic E-state index is 13.7. The molecule has 1 unspecified atom stereocenters. The van der Waals surface area contributed by atoms with Crippen molar-refractivity contribution in [2.24, 2.45) is 0 Å². The van der Waals surface area contributed by atoms with E-state index in [0.29, 0.717) is 17.3 Å². The van der Waals surface area contributed by atoms with Gasteiger partial charge in [0.2, 0.25) is 0 Å². The molecule has 5 N–H and O–H groups in total. The number of ether oxygens (including phenoxy) is 2. The molecule has 2 aromatic carbocycles. The number of nitrogen functional groups attached to an aromatic ring is 1. The van der Waals surface area contributed by atoms with Crippen molar-refractivity contribution in [2.75, 3.05) is 11.1 Å². The minimum Gasteiger partial charge on any atom is -0.488 e. The topological polar surface area (TPSA) is 102 Å². The first kappa shape index (κ1) is 18.6. The van der Waals surface area contributed by atoms with Crippen molar-refractivity contribution in [1.29, 1.82) is 0 Å². The molecule has 1 aromatic heterocycles. The summed E-state index contributed by atoms with van der Waals surface area (Å²) in [6.07, 6.45) is 0.198. The van der Waals surface area contributed by atoms with Crippen molar-refractivity contribution >= 4 is 11.5 Å². The van der Waals surface area contributed by atoms with E-state index in [1.165, 1.54) is 6.07 Å². The number of anilines is 2. The Bertz CT molecular complexity index is 1110. The molecule has 1 fully saturated rings. The van der Waals surface area contributed by atoms with E-state index in [-0.39, 0.29) is 23.8 Å². The SMILES string of the molecule is Nc1cc(Oc2ccc3c(c2)[C@H]2[C@H](NC(O)Nc4ccc(F)cc4F)[C@H]2O3)ccn1. The van der Waals surface area contributed by atoms with Crippen LogP contribution in [0.4, 0.5) is 20.3 Å². The van der Waals surface area contributed by atoms with E-state index in [4.69, 9.17) is 15.2 Å². The molecule has 0 spiro atoms. The number of nitrogens with two attached hydrogens (primary N) is 1. The zero-order valence-electron chi connectivity index (χ0n) is 15.5. The zero-order chi connectivity index (χ0) is 20.8. The molecule has 2 aliphatic rings. The number of nitrogens with zero attached hydrogens (tertiary/aromatic N) is 1. The van der Waals surface area contributed by atoms with Crippen LogP contribution in [0.2, 0.25) is 0 Å². The molecule has 9 heteroatoms. The molecule has 3 aromatic rings. The van der Waals surface area contributed by atoms with Crippen LogP contribution in [0, 0.1) is 11.6 Å². The van der Waals surface area contributed by atoms with Gasteiger partial charge in [-0.3, -0.25) is 5.32 Å². The molecule has 30 heavy (non-hydrogen) atoms. The molecule has 1 aliphatic heterocycles. The number of nitrogens with one attached hydrogen (secondary N) is 2. The summed E-state index contributed by atoms with van der Waals surface area (Å²) < 4.78 is 38.5. The van der Waals surface area contributed by atoms with Crippen LogP contribution in [-0.4, -0.2) is 28.6 Å². The molecule has 0 bridgehead atoms. The zero-order valence-corrected chi connectivity index (χ0v) is 15.5. The van der Waals surface area contributed by atoms with Gasteiger partial charge in [-0.15, -0.1) is 0 Å². The second kappa shape index (κ2) is 7.12. The van der Waals surface area contributed by atoms with Gasteiger partial charge >= 0.3 is 0 Å². The quantitative estimate of drug-likeness (QED) is 0.462. The molecule has 1 saturated carbocycles. The molecule has 7 nitrogen and oxygen atoms in total. The fourth-order valence-corrected chi connectivity index (χ4v) is 3.71. The fourth-order valence-electron chi connectivity index (χ4n) is 3.71. The van der Waals surface area contributed by atoms with Gasteiger partial charge in [0.05, 0.1) is 11.7 Å². The number of halogens is 2. The third-order valence-electron chi connectivity index (χ3n) is 5.12. The van der Waals surface area contributed by atoms with Gasteiger partial charge in [-0.25, -0.2) is 13.8 Å². The summed E-state index contributed by atoms with van der Waals surface area (Å²) in [5.41, 5.74) is 6.63. The van der Waals surface area contributed by atoms with Crippen molar-refractivity contribution < 1.29 is 23.4 Å². The third-order valence-corrected chi connectivity index (χ3v) is 5.12. The summed E-state index contributed by atoms with van der Waals surface area (Å²) in [6.45, 7) is 0. The van der Waals surface area contributed by atoms with E-state index in [0.717, 1.165) is 23.4 Å². The van der Waals surface area contributed by atoms with E-state index < -0.39 is 18.0 Å². The lowest BCUT2D eigenvalue weighted by molar-refractivity contribution is 0.153. The first-order valence-corrected chi connectivity index (χ1v) is 9.33. The van der Waals surface area contributed by atoms with E-state index in [2.05, 4.69) is 15.6 Å². The Morgan fingerprint density at radius 2 is 1.93 bits per heavy atom. The number of hydrogen-bond donors (Lipinski definition) is 4. The van der Waals surface area contributed by atoms with Gasteiger partial charge < -0.3 is 25.6 Å². The van der Waals surface area contributed by atoms with Crippen molar-refractivity contribution in [2.45, 2.75) is 24.4 Å². The van der Waals surface area contributed by atoms with Crippen molar-refractivity contribution in [1.82, 2.24) is 10.3 Å². The largest absolute Gasteiger partial charge is 0.488 e. The van der Waals surface area contributed by atoms with Crippen LogP contribution in [0.15, 0.2) is 54.7 Å². The number of benzene rings is 2. The molecule has 0 radical (unpaired) electrons. The standard InChI is InChI=1S/C21H18F2N4O3/c22-10-1-3-15(14(23)7-10)26-21(28)27-19-18-13-8-11(2-4-16(13)30-20(18)19)29-12-5-6-25-17(24)9-12/h1-9,18-21,26-28H,(H2,24,25)/t18-,19-,20-,21?/m0/s1. The number of rotatable bonds is 6. The Labute approximate surface area is 170 Å². The summed E-state index contributed by atoms with van der Waals surface area (Å²) in [5.74, 6) is 0.882. The second-order valence-electron chi connectivity index (χ2n) is 7.19. The van der Waals surface area contributed by atoms with Crippen LogP contribution < -0.4 is 25.8 Å². The Morgan fingerprint density at radius 1 is 1.10 bits per heavy atom. The van der Waals surface area contributed by atoms with E-state index in [1.807, 2.05) is 12.1 Å². The first-order chi connectivity index (χ1) is 14.5. The molecule has 1 aliphatic carbocycles. The Kier molecular flexibility index (Phi) is 4.41. The second-order valence-corrected chi connectivity index (χ2v) is 7.19. The predicted molar refractivity (Wildman–Crippen MR) is 105 cm³/mol. The summed E-state index contributed by atoms with van der Waals surface area (Å²) in [6, 6.07) is 11.8. The van der Waals surface area contributed by atoms with E-state index >= 15 is 0 Å². The maximum absolute atomic E-state index is 13.7. The number of fused-ring (bicyclic) bond motifs is 3. The van der Waals surface area contributed by atoms with Gasteiger partial charge in [-0.1, -0.05) is 0 Å². The Balaban J connectivity index is 1.25. The van der Waals surface area contributed by atoms with Crippen molar-refractivity contribution in [3.05, 3.63) is 71.9 Å². The molecule has 0 amide bonds. The molecular formula is C21H18F2N4O3. The lowest BCUT2D eigenvalue weighted by Crippen LogP contribution is -2.40. The Hall–Kier alpha value is -3.43. The number of aliphatic hydroxyl groups excluding tert-OH is 1. The highest BCUT2D eigenvalue weighted by Crippen LogP contribution is 2.54. The molecular weight excluding hydrogens is 394 g/mol. The van der Waals surface area contributed by atoms with Gasteiger partial charge in [-0.2, -0.15) is 0 Å². The number of aliphatic hydroxyl groups is 1. The lowest BCUT2D eigenvalue weighted by atomic mass is 10.1. The monoisotopic (exact) mass is 412 g/mol. The third kappa shape index (κ3) is 3.49. The minimum atomic E-state index is -1.23. The van der Waals surface area contributed by atoms with E-state index in [1.54, 1.807) is 24.4 Å². The van der Waals surface area contributed by atoms with Crippen LogP contribution in [0.25, 0.3) is 0 Å². The van der Waals surface area contributed by atoms with Crippen LogP contribution in [0.5, 0.6) is 17.2 Å². The van der Waals surface area contributed by atoms with E-state index in [9.17, 15) is 13.9 Å². The van der Waals surface area contributed by atoms with Gasteiger partial charge in [0.25, 0.3) is 0 Å². The minimum absolute atomic E-state index is 0.00385. The van der Waals surface area contributed by atoms with Gasteiger partial charge in [0.15, 0.2) is 6.35 Å². The van der Waals surface area contributed by atoms with Gasteiger partial charge in [0, 0.05) is 29.8 Å². The summed E-state index contributed by atoms with van der Waals surface area (Å²) in [5, 5.41) is 15.7. The van der Waals surface area contributed by atoms with Crippen LogP contribution in [0.3, 0.4) is 0 Å². The highest BCUT2D eigenvalue weighted by atomic mass is 19.1. The first-order valence-electron chi connectivity index (χ1n) is 9.33. The fraction of sp³-hybridized carbons (Fsp3) is 0.190. The highest BCUT2D eigenvalue weighted by Gasteiger charge is 2.59. The summed E-state index contributed by atoms with van der Waals surface area (Å²) in [4.78, 5) is 3.93. The van der Waals surface area contributed by atoms with Gasteiger partial charge in [0.1, 0.15) is 40.8 Å². The number of hydrogen-bond acceptors (Lipinski definition) is 7. The smallest absolute Gasteiger partial charge is 0.181 e. The molecule has 4 atom stereocenters. The molecule has 154 valence electrons. The summed E-state index contributed by atoms with van der Waals surface area (Å²) in [7, 11) is 0. The molecule has 2 heterocycles. The lowest BCUT2D eigenvalue weighted by Gasteiger charge is -2.18. The predicted octanol–water partition coefficient (Wildman–Crippen LogP) is 2.94. The van der Waals surface area contributed by atoms with Crippen LogP contribution in [0.1, 0.15) is 11.5 Å². The average molecular weight is 412 g/mol. The van der Waals surface area contributed by atoms with Crippen LogP contribution in [-0.2, 0) is 0 Å². The normalized spacial score (nSPS) is 21.9. The maximum Gasteiger partial charge on any atom is 0.181 e. The highest BCUT2D eigenvalue weighted by molar-refractivity contribution is 5.53. The average Bonchev–Trinajstić information content (AvgIpc) is 3.21. The molecule has 5 rings (SSSR count). The van der Waals surface area contributed by atoms with Crippen molar-refractivity contribution in [3.8, 4) is 17.2 Å². The number of aromatic nitrogens is 1. The Morgan fingerprint density at radius 3 is 2.73 bits per heavy atom. The number of pyridine rings is 1. The summed E-state index contributed by atoms with van der Waals surface area (Å²) >= 11 is 0. The van der Waals surface area contributed by atoms with Crippen LogP contribution >= 0.6 is 0 Å².